The van der Waals surface area contributed by atoms with Crippen molar-refractivity contribution in [2.45, 2.75) is 56.9 Å². The van der Waals surface area contributed by atoms with Crippen LogP contribution in [0.1, 0.15) is 42.7 Å². The molecule has 2 aromatic rings. The second-order valence-corrected chi connectivity index (χ2v) is 9.57. The molecule has 0 N–H and O–H groups in total. The van der Waals surface area contributed by atoms with E-state index in [0.717, 1.165) is 47.5 Å². The number of aromatic nitrogens is 1. The molecule has 1 saturated carbocycles. The van der Waals surface area contributed by atoms with E-state index in [4.69, 9.17) is 0 Å². The van der Waals surface area contributed by atoms with Gasteiger partial charge in [0.2, 0.25) is 10.0 Å². The van der Waals surface area contributed by atoms with Gasteiger partial charge in [-0.2, -0.15) is 4.31 Å². The van der Waals surface area contributed by atoms with Crippen LogP contribution in [0.5, 0.6) is 0 Å². The van der Waals surface area contributed by atoms with Gasteiger partial charge < -0.3 is 0 Å². The van der Waals surface area contributed by atoms with E-state index in [2.05, 4.69) is 4.98 Å². The molecule has 1 fully saturated rings. The SMILES string of the molecule is Cc1nc(-c2ccc(C)c(S(=O)(=O)N(C)C3CCCCC3)c2)cs1. The van der Waals surface area contributed by atoms with E-state index in [1.807, 2.05) is 31.4 Å². The van der Waals surface area contributed by atoms with Crippen molar-refractivity contribution >= 4 is 21.4 Å². The molecule has 4 nitrogen and oxygen atoms in total. The highest BCUT2D eigenvalue weighted by Gasteiger charge is 2.30. The van der Waals surface area contributed by atoms with Crippen LogP contribution in [0.15, 0.2) is 28.5 Å². The van der Waals surface area contributed by atoms with Gasteiger partial charge in [-0.1, -0.05) is 31.4 Å². The first-order chi connectivity index (χ1) is 11.4. The number of sulfonamides is 1. The molecule has 3 rings (SSSR count). The lowest BCUT2D eigenvalue weighted by Gasteiger charge is -2.30. The van der Waals surface area contributed by atoms with Gasteiger partial charge in [-0.05, 0) is 38.3 Å². The zero-order valence-corrected chi connectivity index (χ0v) is 16.1. The lowest BCUT2D eigenvalue weighted by atomic mass is 9.96. The molecule has 0 radical (unpaired) electrons. The Morgan fingerprint density at radius 3 is 2.50 bits per heavy atom. The van der Waals surface area contributed by atoms with Crippen molar-refractivity contribution in [2.24, 2.45) is 0 Å². The van der Waals surface area contributed by atoms with Crippen LogP contribution >= 0.6 is 11.3 Å². The topological polar surface area (TPSA) is 50.3 Å². The summed E-state index contributed by atoms with van der Waals surface area (Å²) in [7, 11) is -1.76. The van der Waals surface area contributed by atoms with Gasteiger partial charge in [0.1, 0.15) is 0 Å². The van der Waals surface area contributed by atoms with Crippen molar-refractivity contribution in [2.75, 3.05) is 7.05 Å². The molecule has 24 heavy (non-hydrogen) atoms. The molecule has 1 aromatic carbocycles. The molecular weight excluding hydrogens is 340 g/mol. The summed E-state index contributed by atoms with van der Waals surface area (Å²) in [5.74, 6) is 0. The van der Waals surface area contributed by atoms with E-state index in [1.54, 1.807) is 28.8 Å². The molecule has 0 spiro atoms. The summed E-state index contributed by atoms with van der Waals surface area (Å²) in [6.45, 7) is 3.81. The summed E-state index contributed by atoms with van der Waals surface area (Å²) < 4.78 is 27.9. The van der Waals surface area contributed by atoms with Crippen LogP contribution in [-0.4, -0.2) is 30.8 Å². The fraction of sp³-hybridized carbons (Fsp3) is 0.500. The number of benzene rings is 1. The van der Waals surface area contributed by atoms with Crippen LogP contribution in [0.2, 0.25) is 0 Å². The van der Waals surface area contributed by atoms with Crippen LogP contribution in [0.25, 0.3) is 11.3 Å². The summed E-state index contributed by atoms with van der Waals surface area (Å²) in [6, 6.07) is 5.72. The van der Waals surface area contributed by atoms with E-state index < -0.39 is 10.0 Å². The fourth-order valence-electron chi connectivity index (χ4n) is 3.33. The van der Waals surface area contributed by atoms with E-state index in [9.17, 15) is 8.42 Å². The standard InChI is InChI=1S/C18H24N2O2S2/c1-13-9-10-15(17-12-23-14(2)19-17)11-18(13)24(21,22)20(3)16-7-5-4-6-8-16/h9-12,16H,4-8H2,1-3H3. The summed E-state index contributed by atoms with van der Waals surface area (Å²) in [5, 5.41) is 2.95. The molecule has 0 saturated heterocycles. The van der Waals surface area contributed by atoms with Crippen LogP contribution in [0, 0.1) is 13.8 Å². The average molecular weight is 365 g/mol. The van der Waals surface area contributed by atoms with Crippen molar-refractivity contribution < 1.29 is 8.42 Å². The van der Waals surface area contributed by atoms with E-state index >= 15 is 0 Å². The Bertz CT molecular complexity index is 821. The molecule has 1 aromatic heterocycles. The number of aryl methyl sites for hydroxylation is 2. The lowest BCUT2D eigenvalue weighted by Crippen LogP contribution is -2.38. The van der Waals surface area contributed by atoms with Gasteiger partial charge in [0, 0.05) is 24.0 Å². The zero-order valence-electron chi connectivity index (χ0n) is 14.4. The molecule has 0 aliphatic heterocycles. The van der Waals surface area contributed by atoms with Gasteiger partial charge in [0.25, 0.3) is 0 Å². The molecule has 0 atom stereocenters. The predicted molar refractivity (Wildman–Crippen MR) is 98.8 cm³/mol. The third kappa shape index (κ3) is 3.41. The zero-order chi connectivity index (χ0) is 17.3. The lowest BCUT2D eigenvalue weighted by molar-refractivity contribution is 0.285. The van der Waals surface area contributed by atoms with Gasteiger partial charge in [-0.25, -0.2) is 13.4 Å². The predicted octanol–water partition coefficient (Wildman–Crippen LogP) is 4.38. The first-order valence-corrected chi connectivity index (χ1v) is 10.7. The third-order valence-corrected chi connectivity index (χ3v) is 7.67. The normalized spacial score (nSPS) is 16.7. The minimum Gasteiger partial charge on any atom is -0.242 e. The Labute approximate surface area is 148 Å². The van der Waals surface area contributed by atoms with Gasteiger partial charge >= 0.3 is 0 Å². The van der Waals surface area contributed by atoms with Crippen molar-refractivity contribution in [3.63, 3.8) is 0 Å². The maximum Gasteiger partial charge on any atom is 0.243 e. The summed E-state index contributed by atoms with van der Waals surface area (Å²) in [4.78, 5) is 4.88. The first kappa shape index (κ1) is 17.6. The Kier molecular flexibility index (Phi) is 5.08. The summed E-state index contributed by atoms with van der Waals surface area (Å²) in [6.07, 6.45) is 5.35. The van der Waals surface area contributed by atoms with E-state index in [0.29, 0.717) is 4.90 Å². The maximum absolute atomic E-state index is 13.1. The van der Waals surface area contributed by atoms with Crippen LogP contribution in [-0.2, 0) is 10.0 Å². The molecule has 0 bridgehead atoms. The maximum atomic E-state index is 13.1. The fourth-order valence-corrected chi connectivity index (χ4v) is 5.62. The highest BCUT2D eigenvalue weighted by Crippen LogP contribution is 2.30. The largest absolute Gasteiger partial charge is 0.243 e. The minimum absolute atomic E-state index is 0.119. The Hall–Kier alpha value is -1.24. The monoisotopic (exact) mass is 364 g/mol. The number of nitrogens with zero attached hydrogens (tertiary/aromatic N) is 2. The highest BCUT2D eigenvalue weighted by molar-refractivity contribution is 7.89. The smallest absolute Gasteiger partial charge is 0.242 e. The second kappa shape index (κ2) is 6.94. The number of hydrogen-bond acceptors (Lipinski definition) is 4. The molecule has 1 aliphatic carbocycles. The second-order valence-electron chi connectivity index (χ2n) is 6.55. The third-order valence-electron chi connectivity index (χ3n) is 4.85. The molecule has 0 unspecified atom stereocenters. The van der Waals surface area contributed by atoms with Crippen LogP contribution in [0.3, 0.4) is 0 Å². The quantitative estimate of drug-likeness (QED) is 0.809. The summed E-state index contributed by atoms with van der Waals surface area (Å²) >= 11 is 1.57. The first-order valence-electron chi connectivity index (χ1n) is 8.41. The molecule has 0 amide bonds. The van der Waals surface area contributed by atoms with Crippen molar-refractivity contribution in [1.82, 2.24) is 9.29 Å². The van der Waals surface area contributed by atoms with Crippen LogP contribution < -0.4 is 0 Å². The van der Waals surface area contributed by atoms with Gasteiger partial charge in [-0.3, -0.25) is 0 Å². The van der Waals surface area contributed by atoms with Crippen molar-refractivity contribution in [1.29, 1.82) is 0 Å². The van der Waals surface area contributed by atoms with Crippen LogP contribution in [0.4, 0.5) is 0 Å². The van der Waals surface area contributed by atoms with Crippen molar-refractivity contribution in [3.8, 4) is 11.3 Å². The Morgan fingerprint density at radius 2 is 1.88 bits per heavy atom. The minimum atomic E-state index is -3.48. The molecule has 6 heteroatoms. The molecule has 130 valence electrons. The number of thiazole rings is 1. The molecule has 1 aliphatic rings. The van der Waals surface area contributed by atoms with E-state index in [1.165, 1.54) is 6.42 Å². The number of rotatable bonds is 4. The Morgan fingerprint density at radius 1 is 1.17 bits per heavy atom. The number of hydrogen-bond donors (Lipinski definition) is 0. The molecular formula is C18H24N2O2S2. The highest BCUT2D eigenvalue weighted by atomic mass is 32.2. The van der Waals surface area contributed by atoms with E-state index in [-0.39, 0.29) is 6.04 Å². The Balaban J connectivity index is 1.97. The van der Waals surface area contributed by atoms with Gasteiger partial charge in [-0.15, -0.1) is 11.3 Å². The summed E-state index contributed by atoms with van der Waals surface area (Å²) in [5.41, 5.74) is 2.49. The van der Waals surface area contributed by atoms with Gasteiger partial charge in [0.15, 0.2) is 0 Å². The molecule has 1 heterocycles. The van der Waals surface area contributed by atoms with Crippen molar-refractivity contribution in [3.05, 3.63) is 34.2 Å². The van der Waals surface area contributed by atoms with Gasteiger partial charge in [0.05, 0.1) is 15.6 Å². The average Bonchev–Trinajstić information content (AvgIpc) is 3.01.